The first-order valence-corrected chi connectivity index (χ1v) is 15.0. The maximum absolute atomic E-state index is 13.6. The van der Waals surface area contributed by atoms with E-state index in [4.69, 9.17) is 4.98 Å². The molecule has 2 aromatic carbocycles. The van der Waals surface area contributed by atoms with Crippen LogP contribution in [-0.2, 0) is 22.2 Å². The van der Waals surface area contributed by atoms with Gasteiger partial charge in [0.2, 0.25) is 0 Å². The van der Waals surface area contributed by atoms with Gasteiger partial charge in [0, 0.05) is 42.5 Å². The van der Waals surface area contributed by atoms with E-state index in [-0.39, 0.29) is 10.5 Å². The number of rotatable bonds is 5. The van der Waals surface area contributed by atoms with Crippen molar-refractivity contribution in [3.8, 4) is 21.8 Å². The monoisotopic (exact) mass is 568 g/mol. The lowest BCUT2D eigenvalue weighted by molar-refractivity contribution is 0.0786. The summed E-state index contributed by atoms with van der Waals surface area (Å²) in [6, 6.07) is 14.4. The number of nitrogens with zero attached hydrogens (tertiary/aromatic N) is 6. The molecule has 1 N–H and O–H groups in total. The quantitative estimate of drug-likeness (QED) is 0.314. The topological polar surface area (TPSA) is 116 Å². The van der Waals surface area contributed by atoms with Crippen molar-refractivity contribution in [1.29, 1.82) is 0 Å². The second-order valence-electron chi connectivity index (χ2n) is 10.0. The lowest BCUT2D eigenvalue weighted by Gasteiger charge is -2.22. The van der Waals surface area contributed by atoms with Crippen LogP contribution < -0.4 is 0 Å². The fourth-order valence-corrected chi connectivity index (χ4v) is 7.36. The van der Waals surface area contributed by atoms with E-state index >= 15 is 0 Å². The molecule has 0 bridgehead atoms. The van der Waals surface area contributed by atoms with E-state index in [9.17, 15) is 13.5 Å². The van der Waals surface area contributed by atoms with Crippen LogP contribution in [0.15, 0.2) is 83.6 Å². The van der Waals surface area contributed by atoms with Gasteiger partial charge in [0.15, 0.2) is 5.65 Å². The minimum Gasteiger partial charge on any atom is -0.377 e. The summed E-state index contributed by atoms with van der Waals surface area (Å²) in [4.78, 5) is 18.5. The largest absolute Gasteiger partial charge is 0.377 e. The molecule has 1 atom stereocenters. The molecular weight excluding hydrogens is 544 g/mol. The molecule has 0 amide bonds. The van der Waals surface area contributed by atoms with Crippen molar-refractivity contribution in [1.82, 2.24) is 28.5 Å². The van der Waals surface area contributed by atoms with E-state index in [1.165, 1.54) is 15.3 Å². The molecule has 5 heterocycles. The molecule has 6 aromatic rings. The van der Waals surface area contributed by atoms with Crippen molar-refractivity contribution < 1.29 is 13.5 Å². The molecule has 0 aliphatic carbocycles. The lowest BCUT2D eigenvalue weighted by Crippen LogP contribution is -2.25. The third-order valence-electron chi connectivity index (χ3n) is 7.33. The van der Waals surface area contributed by atoms with Crippen LogP contribution >= 0.6 is 11.3 Å². The van der Waals surface area contributed by atoms with Gasteiger partial charge in [-0.2, -0.15) is 0 Å². The zero-order chi connectivity index (χ0) is 27.6. The van der Waals surface area contributed by atoms with Crippen molar-refractivity contribution >= 4 is 32.5 Å². The van der Waals surface area contributed by atoms with Crippen LogP contribution in [0.2, 0.25) is 0 Å². The fourth-order valence-electron chi connectivity index (χ4n) is 5.20. The Morgan fingerprint density at radius 1 is 1.05 bits per heavy atom. The Bertz CT molecular complexity index is 2020. The molecule has 1 aliphatic rings. The van der Waals surface area contributed by atoms with E-state index in [2.05, 4.69) is 15.0 Å². The third-order valence-corrected chi connectivity index (χ3v) is 9.87. The SMILES string of the molecule is Cc1ccc(S(=O)(=O)n2cc(-c3nc(-c4cccc([C@]5(O)CCn6ccnc65)c4)cs3)c3nc(C)cnc32)cc1. The third kappa shape index (κ3) is 3.80. The van der Waals surface area contributed by atoms with Gasteiger partial charge in [-0.1, -0.05) is 35.9 Å². The standard InChI is InChI=1S/C29H24N6O3S2/c1-18-6-8-22(9-7-18)40(37,38)35-16-23(25-26(35)31-15-19(2)32-25)27-33-24(17-39-27)20-4-3-5-21(14-20)29(36)10-12-34-13-11-30-28(29)34/h3-9,11,13-17,36H,10,12H2,1-2H3/t29-/m1/s1. The lowest BCUT2D eigenvalue weighted by atomic mass is 9.90. The highest BCUT2D eigenvalue weighted by Crippen LogP contribution is 2.40. The Morgan fingerprint density at radius 3 is 2.70 bits per heavy atom. The predicted molar refractivity (Wildman–Crippen MR) is 152 cm³/mol. The Hall–Kier alpha value is -4.19. The predicted octanol–water partition coefficient (Wildman–Crippen LogP) is 4.91. The summed E-state index contributed by atoms with van der Waals surface area (Å²) in [5.41, 5.74) is 4.10. The van der Waals surface area contributed by atoms with Crippen LogP contribution in [0.5, 0.6) is 0 Å². The summed E-state index contributed by atoms with van der Waals surface area (Å²) in [5, 5.41) is 14.1. The van der Waals surface area contributed by atoms with Gasteiger partial charge >= 0.3 is 0 Å². The number of fused-ring (bicyclic) bond motifs is 2. The van der Waals surface area contributed by atoms with Gasteiger partial charge < -0.3 is 9.67 Å². The molecule has 1 aliphatic heterocycles. The molecule has 4 aromatic heterocycles. The minimum atomic E-state index is -3.91. The number of thiazole rings is 1. The molecule has 40 heavy (non-hydrogen) atoms. The fraction of sp³-hybridized carbons (Fsp3) is 0.172. The molecule has 0 unspecified atom stereocenters. The normalized spacial score (nSPS) is 17.0. The van der Waals surface area contributed by atoms with Crippen molar-refractivity contribution in [2.24, 2.45) is 0 Å². The van der Waals surface area contributed by atoms with E-state index in [1.807, 2.05) is 54.3 Å². The van der Waals surface area contributed by atoms with E-state index in [1.54, 1.807) is 42.9 Å². The van der Waals surface area contributed by atoms with Gasteiger partial charge in [-0.25, -0.2) is 32.3 Å². The molecule has 11 heteroatoms. The van der Waals surface area contributed by atoms with Crippen molar-refractivity contribution in [3.05, 3.63) is 101 Å². The van der Waals surface area contributed by atoms with Crippen molar-refractivity contribution in [2.75, 3.05) is 0 Å². The van der Waals surface area contributed by atoms with Crippen LogP contribution in [0.3, 0.4) is 0 Å². The molecule has 0 radical (unpaired) electrons. The van der Waals surface area contributed by atoms with Crippen molar-refractivity contribution in [2.45, 2.75) is 37.3 Å². The molecule has 0 saturated heterocycles. The number of hydrogen-bond acceptors (Lipinski definition) is 8. The van der Waals surface area contributed by atoms with Crippen LogP contribution in [0, 0.1) is 13.8 Å². The summed E-state index contributed by atoms with van der Waals surface area (Å²) in [6.45, 7) is 4.43. The first-order chi connectivity index (χ1) is 19.2. The first-order valence-electron chi connectivity index (χ1n) is 12.7. The Morgan fingerprint density at radius 2 is 1.88 bits per heavy atom. The number of hydrogen-bond donors (Lipinski definition) is 1. The first kappa shape index (κ1) is 24.8. The second-order valence-corrected chi connectivity index (χ2v) is 12.7. The van der Waals surface area contributed by atoms with Crippen molar-refractivity contribution in [3.63, 3.8) is 0 Å². The zero-order valence-electron chi connectivity index (χ0n) is 21.7. The maximum atomic E-state index is 13.6. The summed E-state index contributed by atoms with van der Waals surface area (Å²) >= 11 is 1.40. The summed E-state index contributed by atoms with van der Waals surface area (Å²) in [6.07, 6.45) is 7.25. The average Bonchev–Trinajstić information content (AvgIpc) is 3.74. The molecule has 0 fully saturated rings. The van der Waals surface area contributed by atoms with Crippen LogP contribution in [0.4, 0.5) is 0 Å². The highest BCUT2D eigenvalue weighted by molar-refractivity contribution is 7.90. The highest BCUT2D eigenvalue weighted by atomic mass is 32.2. The maximum Gasteiger partial charge on any atom is 0.269 e. The second kappa shape index (κ2) is 8.91. The van der Waals surface area contributed by atoms with E-state index in [0.29, 0.717) is 40.6 Å². The molecular formula is C29H24N6O3S2. The number of benzene rings is 2. The zero-order valence-corrected chi connectivity index (χ0v) is 23.3. The number of aromatic nitrogens is 6. The van der Waals surface area contributed by atoms with Gasteiger partial charge in [-0.3, -0.25) is 0 Å². The van der Waals surface area contributed by atoms with Gasteiger partial charge in [0.25, 0.3) is 10.0 Å². The molecule has 0 spiro atoms. The van der Waals surface area contributed by atoms with E-state index in [0.717, 1.165) is 22.4 Å². The summed E-state index contributed by atoms with van der Waals surface area (Å²) < 4.78 is 30.4. The van der Waals surface area contributed by atoms with Crippen LogP contribution in [0.25, 0.3) is 33.0 Å². The van der Waals surface area contributed by atoms with Gasteiger partial charge in [0.05, 0.1) is 28.0 Å². The van der Waals surface area contributed by atoms with Crippen LogP contribution in [0.1, 0.15) is 29.1 Å². The average molecular weight is 569 g/mol. The summed E-state index contributed by atoms with van der Waals surface area (Å²) in [5.74, 6) is 0.639. The molecule has 7 rings (SSSR count). The van der Waals surface area contributed by atoms with Gasteiger partial charge in [-0.15, -0.1) is 11.3 Å². The minimum absolute atomic E-state index is 0.172. The van der Waals surface area contributed by atoms with Gasteiger partial charge in [0.1, 0.15) is 21.9 Å². The molecule has 9 nitrogen and oxygen atoms in total. The Labute approximate surface area is 234 Å². The van der Waals surface area contributed by atoms with Crippen LogP contribution in [-0.4, -0.2) is 42.0 Å². The number of imidazole rings is 1. The Kier molecular flexibility index (Phi) is 5.53. The smallest absolute Gasteiger partial charge is 0.269 e. The van der Waals surface area contributed by atoms with Gasteiger partial charge in [-0.05, 0) is 37.6 Å². The molecule has 0 saturated carbocycles. The molecule has 200 valence electrons. The number of aliphatic hydroxyl groups is 1. The summed E-state index contributed by atoms with van der Waals surface area (Å²) in [7, 11) is -3.91. The number of aryl methyl sites for hydroxylation is 3. The highest BCUT2D eigenvalue weighted by Gasteiger charge is 2.40. The van der Waals surface area contributed by atoms with E-state index < -0.39 is 15.6 Å². The Balaban J connectivity index is 1.31.